The molecular formula is C10H14F3NO3. The summed E-state index contributed by atoms with van der Waals surface area (Å²) in [4.78, 5) is 21.7. The van der Waals surface area contributed by atoms with Crippen LogP contribution in [0, 0.1) is 11.8 Å². The van der Waals surface area contributed by atoms with Gasteiger partial charge in [-0.3, -0.25) is 9.59 Å². The third-order valence-corrected chi connectivity index (χ3v) is 2.94. The second-order valence-corrected chi connectivity index (χ2v) is 4.15. The molecule has 0 aromatic heterocycles. The number of alkyl halides is 3. The number of rotatable bonds is 3. The molecule has 0 aromatic carbocycles. The minimum Gasteiger partial charge on any atom is -0.480 e. The van der Waals surface area contributed by atoms with Crippen LogP contribution in [-0.2, 0) is 9.59 Å². The maximum absolute atomic E-state index is 12.7. The molecule has 1 amide bonds. The molecule has 0 saturated heterocycles. The zero-order valence-electron chi connectivity index (χ0n) is 9.09. The summed E-state index contributed by atoms with van der Waals surface area (Å²) >= 11 is 0. The molecule has 1 aliphatic carbocycles. The topological polar surface area (TPSA) is 66.4 Å². The first-order valence-electron chi connectivity index (χ1n) is 5.38. The summed E-state index contributed by atoms with van der Waals surface area (Å²) in [6.07, 6.45) is -3.28. The molecule has 0 spiro atoms. The summed E-state index contributed by atoms with van der Waals surface area (Å²) in [5.41, 5.74) is 0. The average Bonchev–Trinajstić information content (AvgIpc) is 2.24. The standard InChI is InChI=1S/C10H14F3NO3/c11-10(12,13)7-4-2-1-3-6(7)9(17)14-5-8(15)16/h6-7H,1-5H2,(H,14,17)(H,15,16)/t6-,7+/m0/s1. The predicted octanol–water partition coefficient (Wildman–Crippen LogP) is 1.56. The van der Waals surface area contributed by atoms with Crippen molar-refractivity contribution in [2.45, 2.75) is 31.9 Å². The van der Waals surface area contributed by atoms with Crippen LogP contribution < -0.4 is 5.32 Å². The van der Waals surface area contributed by atoms with Gasteiger partial charge in [-0.15, -0.1) is 0 Å². The molecule has 0 bridgehead atoms. The largest absolute Gasteiger partial charge is 0.480 e. The fourth-order valence-corrected chi connectivity index (χ4v) is 2.13. The Bertz CT molecular complexity index is 304. The lowest BCUT2D eigenvalue weighted by atomic mass is 9.78. The summed E-state index contributed by atoms with van der Waals surface area (Å²) in [6.45, 7) is -0.639. The number of carbonyl (C=O) groups excluding carboxylic acids is 1. The average molecular weight is 253 g/mol. The molecule has 2 atom stereocenters. The molecular weight excluding hydrogens is 239 g/mol. The fraction of sp³-hybridized carbons (Fsp3) is 0.800. The molecule has 0 aromatic rings. The Morgan fingerprint density at radius 2 is 1.82 bits per heavy atom. The smallest absolute Gasteiger partial charge is 0.392 e. The number of hydrogen-bond acceptors (Lipinski definition) is 2. The Hall–Kier alpha value is -1.27. The lowest BCUT2D eigenvalue weighted by molar-refractivity contribution is -0.198. The van der Waals surface area contributed by atoms with Gasteiger partial charge in [0.05, 0.1) is 5.92 Å². The van der Waals surface area contributed by atoms with Crippen molar-refractivity contribution in [2.75, 3.05) is 6.54 Å². The van der Waals surface area contributed by atoms with Crippen molar-refractivity contribution in [3.8, 4) is 0 Å². The molecule has 2 N–H and O–H groups in total. The highest BCUT2D eigenvalue weighted by atomic mass is 19.4. The molecule has 1 rings (SSSR count). The fourth-order valence-electron chi connectivity index (χ4n) is 2.13. The molecule has 0 aliphatic heterocycles. The Morgan fingerprint density at radius 1 is 1.24 bits per heavy atom. The highest BCUT2D eigenvalue weighted by Gasteiger charge is 2.47. The number of halogens is 3. The van der Waals surface area contributed by atoms with E-state index in [9.17, 15) is 22.8 Å². The molecule has 1 saturated carbocycles. The molecule has 1 fully saturated rings. The van der Waals surface area contributed by atoms with Crippen LogP contribution in [0.1, 0.15) is 25.7 Å². The first kappa shape index (κ1) is 13.8. The highest BCUT2D eigenvalue weighted by Crippen LogP contribution is 2.41. The van der Waals surface area contributed by atoms with E-state index in [1.54, 1.807) is 0 Å². The van der Waals surface area contributed by atoms with Crippen molar-refractivity contribution < 1.29 is 27.9 Å². The van der Waals surface area contributed by atoms with Crippen LogP contribution in [0.5, 0.6) is 0 Å². The number of carbonyl (C=O) groups is 2. The molecule has 98 valence electrons. The third-order valence-electron chi connectivity index (χ3n) is 2.94. The van der Waals surface area contributed by atoms with Gasteiger partial charge in [-0.2, -0.15) is 13.2 Å². The number of hydrogen-bond donors (Lipinski definition) is 2. The number of carboxylic acids is 1. The van der Waals surface area contributed by atoms with Crippen LogP contribution in [0.4, 0.5) is 13.2 Å². The maximum atomic E-state index is 12.7. The van der Waals surface area contributed by atoms with Gasteiger partial charge in [0.2, 0.25) is 5.91 Å². The third kappa shape index (κ3) is 3.90. The van der Waals surface area contributed by atoms with Gasteiger partial charge in [0.1, 0.15) is 6.54 Å². The van der Waals surface area contributed by atoms with E-state index in [1.165, 1.54) is 0 Å². The molecule has 1 aliphatic rings. The van der Waals surface area contributed by atoms with E-state index < -0.39 is 36.4 Å². The van der Waals surface area contributed by atoms with Crippen LogP contribution in [0.25, 0.3) is 0 Å². The SMILES string of the molecule is O=C(O)CNC(=O)[C@H]1CCCC[C@H]1C(F)(F)F. The molecule has 17 heavy (non-hydrogen) atoms. The van der Waals surface area contributed by atoms with Crippen molar-refractivity contribution in [1.29, 1.82) is 0 Å². The summed E-state index contributed by atoms with van der Waals surface area (Å²) in [5.74, 6) is -4.87. The zero-order chi connectivity index (χ0) is 13.1. The molecule has 0 heterocycles. The Morgan fingerprint density at radius 3 is 2.35 bits per heavy atom. The lowest BCUT2D eigenvalue weighted by Crippen LogP contribution is -2.43. The highest BCUT2D eigenvalue weighted by molar-refractivity contribution is 5.83. The van der Waals surface area contributed by atoms with Crippen molar-refractivity contribution in [3.05, 3.63) is 0 Å². The molecule has 0 unspecified atom stereocenters. The second kappa shape index (κ2) is 5.37. The maximum Gasteiger partial charge on any atom is 0.392 e. The van der Waals surface area contributed by atoms with Crippen LogP contribution in [0.2, 0.25) is 0 Å². The van der Waals surface area contributed by atoms with Crippen molar-refractivity contribution in [3.63, 3.8) is 0 Å². The number of aliphatic carboxylic acids is 1. The van der Waals surface area contributed by atoms with E-state index in [-0.39, 0.29) is 12.8 Å². The first-order chi connectivity index (χ1) is 7.82. The minimum atomic E-state index is -4.40. The van der Waals surface area contributed by atoms with E-state index in [0.717, 1.165) is 0 Å². The normalized spacial score (nSPS) is 25.4. The summed E-state index contributed by atoms with van der Waals surface area (Å²) in [6, 6.07) is 0. The van der Waals surface area contributed by atoms with E-state index in [4.69, 9.17) is 5.11 Å². The Balaban J connectivity index is 2.64. The van der Waals surface area contributed by atoms with Gasteiger partial charge in [0, 0.05) is 5.92 Å². The van der Waals surface area contributed by atoms with Gasteiger partial charge in [0.15, 0.2) is 0 Å². The van der Waals surface area contributed by atoms with E-state index in [0.29, 0.717) is 12.8 Å². The second-order valence-electron chi connectivity index (χ2n) is 4.15. The van der Waals surface area contributed by atoms with Crippen LogP contribution in [0.15, 0.2) is 0 Å². The molecule has 7 heteroatoms. The van der Waals surface area contributed by atoms with E-state index in [1.807, 2.05) is 5.32 Å². The summed E-state index contributed by atoms with van der Waals surface area (Å²) < 4.78 is 38.0. The Labute approximate surface area is 96.2 Å². The van der Waals surface area contributed by atoms with Gasteiger partial charge >= 0.3 is 12.1 Å². The lowest BCUT2D eigenvalue weighted by Gasteiger charge is -2.31. The zero-order valence-corrected chi connectivity index (χ0v) is 9.09. The minimum absolute atomic E-state index is 0.0609. The monoisotopic (exact) mass is 253 g/mol. The molecule has 0 radical (unpaired) electrons. The van der Waals surface area contributed by atoms with E-state index >= 15 is 0 Å². The Kier molecular flexibility index (Phi) is 4.36. The van der Waals surface area contributed by atoms with Gasteiger partial charge in [-0.05, 0) is 12.8 Å². The van der Waals surface area contributed by atoms with Gasteiger partial charge in [-0.1, -0.05) is 12.8 Å². The number of amides is 1. The van der Waals surface area contributed by atoms with Gasteiger partial charge < -0.3 is 10.4 Å². The predicted molar refractivity (Wildman–Crippen MR) is 52.1 cm³/mol. The van der Waals surface area contributed by atoms with Gasteiger partial charge in [-0.25, -0.2) is 0 Å². The summed E-state index contributed by atoms with van der Waals surface area (Å²) in [5, 5.41) is 10.4. The number of nitrogens with one attached hydrogen (secondary N) is 1. The van der Waals surface area contributed by atoms with Gasteiger partial charge in [0.25, 0.3) is 0 Å². The van der Waals surface area contributed by atoms with Crippen LogP contribution in [-0.4, -0.2) is 29.7 Å². The van der Waals surface area contributed by atoms with Crippen molar-refractivity contribution >= 4 is 11.9 Å². The van der Waals surface area contributed by atoms with Crippen molar-refractivity contribution in [2.24, 2.45) is 11.8 Å². The summed E-state index contributed by atoms with van der Waals surface area (Å²) in [7, 11) is 0. The van der Waals surface area contributed by atoms with Crippen LogP contribution in [0.3, 0.4) is 0 Å². The van der Waals surface area contributed by atoms with Crippen LogP contribution >= 0.6 is 0 Å². The molecule has 4 nitrogen and oxygen atoms in total. The first-order valence-corrected chi connectivity index (χ1v) is 5.38. The van der Waals surface area contributed by atoms with E-state index in [2.05, 4.69) is 0 Å². The number of carboxylic acid groups (broad SMARTS) is 1. The van der Waals surface area contributed by atoms with Crippen molar-refractivity contribution in [1.82, 2.24) is 5.32 Å². The quantitative estimate of drug-likeness (QED) is 0.802.